The molecule has 0 saturated heterocycles. The molecule has 0 aliphatic rings. The maximum Gasteiger partial charge on any atom is 2.00 e. The van der Waals surface area contributed by atoms with E-state index < -0.39 is 121 Å². The average molecular weight is 796 g/mol. The van der Waals surface area contributed by atoms with Gasteiger partial charge < -0.3 is 130 Å². The van der Waals surface area contributed by atoms with Gasteiger partial charge in [0, 0.05) is 49.6 Å². The van der Waals surface area contributed by atoms with Gasteiger partial charge in [-0.1, -0.05) is 0 Å². The summed E-state index contributed by atoms with van der Waals surface area (Å²) in [5, 5.41) is 149. The van der Waals surface area contributed by atoms with Crippen LogP contribution in [0.2, 0.25) is 0 Å². The Hall–Kier alpha value is -1.71. The van der Waals surface area contributed by atoms with Crippen LogP contribution in [0.1, 0.15) is 25.7 Å². The monoisotopic (exact) mass is 794 g/mol. The maximum absolute atomic E-state index is 10.1. The summed E-state index contributed by atoms with van der Waals surface area (Å²) in [4.78, 5) is 98.5. The molecule has 31 heteroatoms. The molecule has 6 N–H and O–H groups in total. The number of aliphatic hydroxyl groups is 6. The molecule has 0 aromatic carbocycles. The predicted octanol–water partition coefficient (Wildman–Crippen LogP) is -22.0. The molecular weight excluding hydrogens is 778 g/mol. The average Bonchev–Trinajstić information content (AvgIpc) is 2.85. The van der Waals surface area contributed by atoms with Crippen molar-refractivity contribution in [3.8, 4) is 0 Å². The molecule has 4 unspecified atom stereocenters. The SMILES string of the molecule is O=C([O-])C(O)C(O)C(=O)[O-].O=C([O-])C(O)C(O)C(=O)[O-].O=C([O-])CC(O)(CC(=O)[O-])C(=O)[O-].O=C([O-])CC(O)(CC(=O)[O-])C(=O)[O-].[Mg+2].[Mg+2].[Mg+2].[Mg+2].[Mg+2]. The van der Waals surface area contributed by atoms with Crippen molar-refractivity contribution in [2.45, 2.75) is 61.3 Å². The topological polar surface area (TPSA) is 523 Å². The van der Waals surface area contributed by atoms with E-state index in [-0.39, 0.29) is 115 Å². The Kier molecular flexibility index (Phi) is 47.3. The fourth-order valence-corrected chi connectivity index (χ4v) is 1.88. The number of rotatable bonds is 16. The summed E-state index contributed by atoms with van der Waals surface area (Å²) in [6, 6.07) is 0. The first-order valence-corrected chi connectivity index (χ1v) is 10.7. The first-order chi connectivity index (χ1) is 20.5. The number of carboxylic acid groups (broad SMARTS) is 10. The second-order valence-electron chi connectivity index (χ2n) is 7.89. The number of carboxylic acids is 10. The quantitative estimate of drug-likeness (QED) is 0.0790. The number of carbonyl (C=O) groups is 10. The molecule has 26 nitrogen and oxygen atoms in total. The van der Waals surface area contributed by atoms with Crippen LogP contribution in [-0.4, -0.2) is 241 Å². The van der Waals surface area contributed by atoms with Gasteiger partial charge in [-0.05, 0) is 0 Å². The minimum absolute atomic E-state index is 0. The molecule has 0 aromatic rings. The van der Waals surface area contributed by atoms with E-state index in [0.29, 0.717) is 0 Å². The van der Waals surface area contributed by atoms with Crippen LogP contribution < -0.4 is 51.1 Å². The largest absolute Gasteiger partial charge is 2.00 e. The van der Waals surface area contributed by atoms with Crippen LogP contribution in [0, 0.1) is 0 Å². The number of carbonyl (C=O) groups excluding carboxylic acids is 10. The van der Waals surface area contributed by atoms with Gasteiger partial charge in [0.1, 0.15) is 35.6 Å². The van der Waals surface area contributed by atoms with E-state index in [9.17, 15) is 99.0 Å². The molecular formula is C20H18Mg5O26. The third-order valence-electron chi connectivity index (χ3n) is 4.07. The van der Waals surface area contributed by atoms with Gasteiger partial charge >= 0.3 is 115 Å². The van der Waals surface area contributed by atoms with Gasteiger partial charge in [-0.3, -0.25) is 0 Å². The summed E-state index contributed by atoms with van der Waals surface area (Å²) in [5.41, 5.74) is -5.95. The van der Waals surface area contributed by atoms with Crippen molar-refractivity contribution >= 4 is 175 Å². The minimum atomic E-state index is -2.97. The van der Waals surface area contributed by atoms with E-state index in [4.69, 9.17) is 30.6 Å². The van der Waals surface area contributed by atoms with Crippen molar-refractivity contribution in [3.05, 3.63) is 0 Å². The minimum Gasteiger partial charge on any atom is -0.550 e. The summed E-state index contributed by atoms with van der Waals surface area (Å²) < 4.78 is 0. The second-order valence-corrected chi connectivity index (χ2v) is 7.89. The summed E-state index contributed by atoms with van der Waals surface area (Å²) in [7, 11) is 0. The van der Waals surface area contributed by atoms with Gasteiger partial charge in [-0.15, -0.1) is 0 Å². The van der Waals surface area contributed by atoms with Crippen molar-refractivity contribution in [1.82, 2.24) is 0 Å². The molecule has 0 aromatic heterocycles. The fourth-order valence-electron chi connectivity index (χ4n) is 1.88. The summed E-state index contributed by atoms with van der Waals surface area (Å²) in [6.07, 6.45) is -15.2. The van der Waals surface area contributed by atoms with Crippen LogP contribution in [0.5, 0.6) is 0 Å². The van der Waals surface area contributed by atoms with E-state index in [0.717, 1.165) is 0 Å². The summed E-state index contributed by atoms with van der Waals surface area (Å²) >= 11 is 0. The molecule has 4 atom stereocenters. The standard InChI is InChI=1S/2C6H8O7.2C4H6O6.5Mg/c2*7-3(8)1-6(13,5(11)12)2-4(9)10;2*5-1(3(7)8)2(6)4(9)10;;;;;/h2*13H,1-2H2,(H,7,8)(H,9,10)(H,11,12);2*1-2,5-6H,(H,7,8)(H,9,10);;;;;/q;;;;5*+2/p-10. The summed E-state index contributed by atoms with van der Waals surface area (Å²) in [6.45, 7) is 0. The Morgan fingerprint density at radius 3 is 0.529 bits per heavy atom. The zero-order valence-electron chi connectivity index (χ0n) is 25.5. The van der Waals surface area contributed by atoms with Crippen molar-refractivity contribution in [2.24, 2.45) is 0 Å². The molecule has 0 radical (unpaired) electrons. The molecule has 0 rings (SSSR count). The van der Waals surface area contributed by atoms with Crippen LogP contribution in [0.25, 0.3) is 0 Å². The molecule has 0 heterocycles. The number of hydrogen-bond acceptors (Lipinski definition) is 26. The van der Waals surface area contributed by atoms with E-state index in [2.05, 4.69) is 0 Å². The molecule has 0 saturated carbocycles. The van der Waals surface area contributed by atoms with Gasteiger partial charge in [-0.2, -0.15) is 0 Å². The maximum atomic E-state index is 10.1. The Labute approximate surface area is 362 Å². The van der Waals surface area contributed by atoms with Crippen LogP contribution in [0.15, 0.2) is 0 Å². The van der Waals surface area contributed by atoms with Gasteiger partial charge in [0.25, 0.3) is 0 Å². The van der Waals surface area contributed by atoms with Gasteiger partial charge in [0.15, 0.2) is 0 Å². The Balaban J connectivity index is -0.0000000642. The number of aliphatic carboxylic acids is 10. The molecule has 264 valence electrons. The zero-order valence-corrected chi connectivity index (χ0v) is 32.6. The third kappa shape index (κ3) is 35.1. The second kappa shape index (κ2) is 34.1. The Morgan fingerprint density at radius 2 is 0.471 bits per heavy atom. The Morgan fingerprint density at radius 1 is 0.353 bits per heavy atom. The van der Waals surface area contributed by atoms with Crippen molar-refractivity contribution in [2.75, 3.05) is 0 Å². The molecule has 0 aliphatic carbocycles. The van der Waals surface area contributed by atoms with Crippen molar-refractivity contribution in [1.29, 1.82) is 0 Å². The first kappa shape index (κ1) is 70.8. The molecule has 0 amide bonds. The predicted molar refractivity (Wildman–Crippen MR) is 131 cm³/mol. The molecule has 0 fully saturated rings. The third-order valence-corrected chi connectivity index (χ3v) is 4.07. The van der Waals surface area contributed by atoms with E-state index in [1.54, 1.807) is 0 Å². The molecule has 0 bridgehead atoms. The molecule has 0 spiro atoms. The van der Waals surface area contributed by atoms with Gasteiger partial charge in [0.2, 0.25) is 0 Å². The van der Waals surface area contributed by atoms with Gasteiger partial charge in [-0.25, -0.2) is 0 Å². The van der Waals surface area contributed by atoms with E-state index >= 15 is 0 Å². The van der Waals surface area contributed by atoms with Crippen molar-refractivity contribution < 1.29 is 130 Å². The van der Waals surface area contributed by atoms with E-state index in [1.165, 1.54) is 0 Å². The van der Waals surface area contributed by atoms with Crippen LogP contribution in [0.4, 0.5) is 0 Å². The number of hydrogen-bond donors (Lipinski definition) is 6. The van der Waals surface area contributed by atoms with Crippen LogP contribution in [-0.2, 0) is 47.9 Å². The normalized spacial score (nSPS) is 11.7. The summed E-state index contributed by atoms with van der Waals surface area (Å²) in [5.74, 6) is -20.2. The van der Waals surface area contributed by atoms with Crippen LogP contribution in [0.3, 0.4) is 0 Å². The van der Waals surface area contributed by atoms with E-state index in [1.807, 2.05) is 0 Å². The number of aliphatic hydroxyl groups excluding tert-OH is 4. The smallest absolute Gasteiger partial charge is 0.550 e. The van der Waals surface area contributed by atoms with Crippen LogP contribution >= 0.6 is 0 Å². The zero-order chi connectivity index (χ0) is 37.9. The Bertz CT molecular complexity index is 1010. The van der Waals surface area contributed by atoms with Crippen molar-refractivity contribution in [3.63, 3.8) is 0 Å². The first-order valence-electron chi connectivity index (χ1n) is 10.7. The van der Waals surface area contributed by atoms with Gasteiger partial charge in [0.05, 0.1) is 35.8 Å². The fraction of sp³-hybridized carbons (Fsp3) is 0.500. The molecule has 0 aliphatic heterocycles. The molecule has 51 heavy (non-hydrogen) atoms.